The van der Waals surface area contributed by atoms with E-state index in [0.717, 1.165) is 0 Å². The molecule has 9 nitrogen and oxygen atoms in total. The van der Waals surface area contributed by atoms with Crippen LogP contribution >= 0.6 is 0 Å². The number of hydrogen-bond donors (Lipinski definition) is 3. The van der Waals surface area contributed by atoms with E-state index in [0.29, 0.717) is 41.2 Å². The number of nitrogens with two attached hydrogens (primary N) is 1. The summed E-state index contributed by atoms with van der Waals surface area (Å²) >= 11 is 0. The highest BCUT2D eigenvalue weighted by molar-refractivity contribution is 5.96. The fraction of sp³-hybridized carbons (Fsp3) is 0.250. The van der Waals surface area contributed by atoms with Crippen molar-refractivity contribution >= 4 is 22.9 Å². The number of nitrogens with zero attached hydrogens (tertiary/aromatic N) is 4. The van der Waals surface area contributed by atoms with E-state index in [9.17, 15) is 15.0 Å². The number of para-hydroxylation sites is 1. The second-order valence-corrected chi connectivity index (χ2v) is 7.98. The van der Waals surface area contributed by atoms with Gasteiger partial charge >= 0.3 is 0 Å². The van der Waals surface area contributed by atoms with Crippen molar-refractivity contribution < 1.29 is 19.7 Å². The third-order valence-corrected chi connectivity index (χ3v) is 5.62. The number of ether oxygens (including phenoxy) is 1. The quantitative estimate of drug-likeness (QED) is 0.316. The van der Waals surface area contributed by atoms with E-state index in [-0.39, 0.29) is 31.4 Å². The standard InChI is InChI=1S/C24H25N5O4/c25-23-26-13-20-22(28-23)29(16-27-20)11-10-24(14-30,15-31)12-21(32)17-6-8-19(9-7-17)33-18-4-2-1-3-5-18/h1-9,13,16,30-31H,10-12,14-15H2,(H2,25,26,28). The van der Waals surface area contributed by atoms with Crippen LogP contribution in [0.1, 0.15) is 23.2 Å². The average Bonchev–Trinajstić information content (AvgIpc) is 3.25. The van der Waals surface area contributed by atoms with E-state index in [1.807, 2.05) is 30.3 Å². The number of carbonyl (C=O) groups excluding carboxylic acids is 1. The molecule has 4 N–H and O–H groups in total. The summed E-state index contributed by atoms with van der Waals surface area (Å²) in [4.78, 5) is 25.3. The summed E-state index contributed by atoms with van der Waals surface area (Å²) in [5.41, 5.74) is 6.32. The van der Waals surface area contributed by atoms with E-state index < -0.39 is 5.41 Å². The van der Waals surface area contributed by atoms with Gasteiger partial charge in [-0.2, -0.15) is 4.98 Å². The molecule has 0 aliphatic carbocycles. The predicted octanol–water partition coefficient (Wildman–Crippen LogP) is 2.83. The number of aromatic nitrogens is 4. The number of hydrogen-bond acceptors (Lipinski definition) is 8. The highest BCUT2D eigenvalue weighted by Gasteiger charge is 2.32. The highest BCUT2D eigenvalue weighted by atomic mass is 16.5. The van der Waals surface area contributed by atoms with Crippen molar-refractivity contribution in [3.8, 4) is 11.5 Å². The lowest BCUT2D eigenvalue weighted by Gasteiger charge is -2.29. The average molecular weight is 447 g/mol. The van der Waals surface area contributed by atoms with E-state index in [2.05, 4.69) is 15.0 Å². The molecule has 4 rings (SSSR count). The molecule has 33 heavy (non-hydrogen) atoms. The van der Waals surface area contributed by atoms with E-state index in [1.165, 1.54) is 6.20 Å². The number of imidazole rings is 1. The molecule has 0 aliphatic heterocycles. The van der Waals surface area contributed by atoms with Crippen LogP contribution in [-0.4, -0.2) is 48.7 Å². The molecule has 0 radical (unpaired) electrons. The number of fused-ring (bicyclic) bond motifs is 1. The van der Waals surface area contributed by atoms with Crippen molar-refractivity contribution in [2.45, 2.75) is 19.4 Å². The van der Waals surface area contributed by atoms with Crippen LogP contribution in [0.3, 0.4) is 0 Å². The lowest BCUT2D eigenvalue weighted by Crippen LogP contribution is -2.34. The van der Waals surface area contributed by atoms with Crippen LogP contribution in [0.4, 0.5) is 5.95 Å². The minimum atomic E-state index is -0.995. The van der Waals surface area contributed by atoms with Gasteiger partial charge in [0.25, 0.3) is 0 Å². The SMILES string of the molecule is Nc1ncc2ncn(CCC(CO)(CO)CC(=O)c3ccc(Oc4ccccc4)cc3)c2n1. The Morgan fingerprint density at radius 3 is 2.39 bits per heavy atom. The molecule has 0 bridgehead atoms. The first-order chi connectivity index (χ1) is 16.0. The number of ketones is 1. The van der Waals surface area contributed by atoms with Gasteiger partial charge in [0, 0.05) is 23.9 Å². The lowest BCUT2D eigenvalue weighted by atomic mass is 9.80. The lowest BCUT2D eigenvalue weighted by molar-refractivity contribution is 0.0342. The van der Waals surface area contributed by atoms with Gasteiger partial charge in [-0.25, -0.2) is 9.97 Å². The number of rotatable bonds is 10. The molecule has 2 aromatic carbocycles. The molecule has 0 atom stereocenters. The molecule has 2 heterocycles. The number of nitrogen functional groups attached to an aromatic ring is 1. The van der Waals surface area contributed by atoms with Crippen molar-refractivity contribution in [1.82, 2.24) is 19.5 Å². The Balaban J connectivity index is 1.44. The van der Waals surface area contributed by atoms with Crippen LogP contribution < -0.4 is 10.5 Å². The molecule has 0 saturated heterocycles. The monoisotopic (exact) mass is 447 g/mol. The summed E-state index contributed by atoms with van der Waals surface area (Å²) in [6.45, 7) is -0.284. The van der Waals surface area contributed by atoms with Crippen molar-refractivity contribution in [2.24, 2.45) is 5.41 Å². The summed E-state index contributed by atoms with van der Waals surface area (Å²) in [7, 11) is 0. The van der Waals surface area contributed by atoms with Crippen LogP contribution in [-0.2, 0) is 6.54 Å². The molecule has 0 fully saturated rings. The topological polar surface area (TPSA) is 136 Å². The Labute approximate surface area is 190 Å². The molecular weight excluding hydrogens is 422 g/mol. The van der Waals surface area contributed by atoms with Gasteiger partial charge in [-0.3, -0.25) is 4.79 Å². The van der Waals surface area contributed by atoms with E-state index >= 15 is 0 Å². The molecule has 0 saturated carbocycles. The van der Waals surface area contributed by atoms with Gasteiger partial charge in [0.2, 0.25) is 5.95 Å². The Bertz CT molecular complexity index is 1220. The second kappa shape index (κ2) is 9.76. The van der Waals surface area contributed by atoms with Crippen molar-refractivity contribution in [1.29, 1.82) is 0 Å². The van der Waals surface area contributed by atoms with Crippen molar-refractivity contribution in [3.63, 3.8) is 0 Å². The Morgan fingerprint density at radius 1 is 1.00 bits per heavy atom. The molecular formula is C24H25N5O4. The number of carbonyl (C=O) groups is 1. The maximum Gasteiger partial charge on any atom is 0.222 e. The first kappa shape index (κ1) is 22.4. The third-order valence-electron chi connectivity index (χ3n) is 5.62. The zero-order valence-corrected chi connectivity index (χ0v) is 18.0. The van der Waals surface area contributed by atoms with Crippen LogP contribution in [0.15, 0.2) is 67.1 Å². The molecule has 2 aromatic heterocycles. The number of aliphatic hydroxyl groups excluding tert-OH is 2. The molecule has 0 unspecified atom stereocenters. The van der Waals surface area contributed by atoms with Crippen LogP contribution in [0.2, 0.25) is 0 Å². The van der Waals surface area contributed by atoms with Crippen LogP contribution in [0.5, 0.6) is 11.5 Å². The van der Waals surface area contributed by atoms with Crippen LogP contribution in [0, 0.1) is 5.41 Å². The largest absolute Gasteiger partial charge is 0.457 e. The predicted molar refractivity (Wildman–Crippen MR) is 123 cm³/mol. The summed E-state index contributed by atoms with van der Waals surface area (Å²) in [5, 5.41) is 20.1. The Hall–Kier alpha value is -3.82. The summed E-state index contributed by atoms with van der Waals surface area (Å²) in [5.74, 6) is 1.28. The first-order valence-electron chi connectivity index (χ1n) is 10.5. The Kier molecular flexibility index (Phi) is 6.62. The number of Topliss-reactive ketones (excluding diaryl/α,β-unsaturated/α-hetero) is 1. The maximum atomic E-state index is 12.9. The smallest absolute Gasteiger partial charge is 0.222 e. The molecule has 0 spiro atoms. The highest BCUT2D eigenvalue weighted by Crippen LogP contribution is 2.30. The fourth-order valence-corrected chi connectivity index (χ4v) is 3.57. The van der Waals surface area contributed by atoms with Gasteiger partial charge in [-0.15, -0.1) is 0 Å². The maximum absolute atomic E-state index is 12.9. The minimum absolute atomic E-state index is 0.0113. The molecule has 4 aromatic rings. The van der Waals surface area contributed by atoms with Gasteiger partial charge in [0.05, 0.1) is 25.7 Å². The number of aliphatic hydroxyl groups is 2. The first-order valence-corrected chi connectivity index (χ1v) is 10.5. The van der Waals surface area contributed by atoms with Gasteiger partial charge in [0.1, 0.15) is 17.0 Å². The number of benzene rings is 2. The van der Waals surface area contributed by atoms with Gasteiger partial charge < -0.3 is 25.3 Å². The molecule has 9 heteroatoms. The molecule has 0 aliphatic rings. The second-order valence-electron chi connectivity index (χ2n) is 7.98. The van der Waals surface area contributed by atoms with Gasteiger partial charge in [-0.1, -0.05) is 18.2 Å². The normalized spacial score (nSPS) is 11.6. The Morgan fingerprint density at radius 2 is 1.70 bits per heavy atom. The van der Waals surface area contributed by atoms with E-state index in [1.54, 1.807) is 35.2 Å². The van der Waals surface area contributed by atoms with Crippen LogP contribution in [0.25, 0.3) is 11.2 Å². The number of anilines is 1. The summed E-state index contributed by atoms with van der Waals surface area (Å²) in [6.07, 6.45) is 3.47. The summed E-state index contributed by atoms with van der Waals surface area (Å²) in [6, 6.07) is 16.2. The summed E-state index contributed by atoms with van der Waals surface area (Å²) < 4.78 is 7.53. The minimum Gasteiger partial charge on any atom is -0.457 e. The molecule has 170 valence electrons. The van der Waals surface area contributed by atoms with Gasteiger partial charge in [-0.05, 0) is 42.8 Å². The zero-order valence-electron chi connectivity index (χ0n) is 18.0. The zero-order chi connectivity index (χ0) is 23.3. The fourth-order valence-electron chi connectivity index (χ4n) is 3.57. The third kappa shape index (κ3) is 5.16. The van der Waals surface area contributed by atoms with Crippen molar-refractivity contribution in [2.75, 3.05) is 18.9 Å². The van der Waals surface area contributed by atoms with Crippen molar-refractivity contribution in [3.05, 3.63) is 72.7 Å². The van der Waals surface area contributed by atoms with E-state index in [4.69, 9.17) is 10.5 Å². The van der Waals surface area contributed by atoms with Gasteiger partial charge in [0.15, 0.2) is 11.4 Å². The molecule has 0 amide bonds. The number of aryl methyl sites for hydroxylation is 1.